The Hall–Kier alpha value is -3.34. The van der Waals surface area contributed by atoms with Crippen molar-refractivity contribution >= 4 is 35.7 Å². The minimum atomic E-state index is -1.18. The van der Waals surface area contributed by atoms with Gasteiger partial charge in [0.05, 0.1) is 26.2 Å². The summed E-state index contributed by atoms with van der Waals surface area (Å²) in [6, 6.07) is 0. The Labute approximate surface area is 208 Å². The van der Waals surface area contributed by atoms with Crippen molar-refractivity contribution < 1.29 is 49.2 Å². The Bertz CT molecular complexity index is 660. The molecule has 0 heterocycles. The van der Waals surface area contributed by atoms with Crippen LogP contribution in [0.1, 0.15) is 12.8 Å². The lowest BCUT2D eigenvalue weighted by atomic mass is 10.3. The molecule has 0 bridgehead atoms. The van der Waals surface area contributed by atoms with Crippen molar-refractivity contribution in [1.82, 2.24) is 25.3 Å². The van der Waals surface area contributed by atoms with Crippen LogP contribution in [0.25, 0.3) is 0 Å². The molecule has 0 saturated heterocycles. The molecule has 0 aliphatic carbocycles. The molecule has 16 nitrogen and oxygen atoms in total. The van der Waals surface area contributed by atoms with E-state index in [2.05, 4.69) is 10.6 Å². The van der Waals surface area contributed by atoms with Gasteiger partial charge in [-0.3, -0.25) is 38.6 Å². The number of nitrogens with zero attached hydrogens (tertiary/aromatic N) is 3. The van der Waals surface area contributed by atoms with E-state index in [1.807, 2.05) is 4.90 Å². The van der Waals surface area contributed by atoms with Crippen LogP contribution >= 0.6 is 0 Å². The largest absolute Gasteiger partial charge is 0.480 e. The summed E-state index contributed by atoms with van der Waals surface area (Å²) in [6.45, 7) is -0.308. The zero-order valence-corrected chi connectivity index (χ0v) is 20.1. The predicted molar refractivity (Wildman–Crippen MR) is 124 cm³/mol. The molecule has 0 spiro atoms. The van der Waals surface area contributed by atoms with Gasteiger partial charge in [-0.1, -0.05) is 0 Å². The molecule has 0 fully saturated rings. The van der Waals surface area contributed by atoms with Gasteiger partial charge in [0.2, 0.25) is 11.8 Å². The van der Waals surface area contributed by atoms with Gasteiger partial charge in [0.1, 0.15) is 0 Å². The Morgan fingerprint density at radius 1 is 0.528 bits per heavy atom. The summed E-state index contributed by atoms with van der Waals surface area (Å²) < 4.78 is 0. The minimum absolute atomic E-state index is 0.0490. The van der Waals surface area contributed by atoms with E-state index in [-0.39, 0.29) is 50.8 Å². The van der Waals surface area contributed by atoms with Crippen LogP contribution in [-0.4, -0.2) is 149 Å². The van der Waals surface area contributed by atoms with Crippen LogP contribution in [0, 0.1) is 0 Å². The molecule has 0 atom stereocenters. The number of amides is 2. The van der Waals surface area contributed by atoms with E-state index in [1.54, 1.807) is 0 Å². The lowest BCUT2D eigenvalue weighted by molar-refractivity contribution is -0.143. The highest BCUT2D eigenvalue weighted by atomic mass is 16.4. The normalized spacial score (nSPS) is 11.0. The fraction of sp³-hybridized carbons (Fsp3) is 0.700. The van der Waals surface area contributed by atoms with Crippen molar-refractivity contribution in [2.45, 2.75) is 12.8 Å². The first-order valence-corrected chi connectivity index (χ1v) is 11.2. The van der Waals surface area contributed by atoms with Gasteiger partial charge in [-0.05, 0) is 0 Å². The van der Waals surface area contributed by atoms with E-state index < -0.39 is 50.1 Å². The summed E-state index contributed by atoms with van der Waals surface area (Å²) in [5.74, 6) is -5.37. The second-order valence-corrected chi connectivity index (χ2v) is 7.83. The summed E-state index contributed by atoms with van der Waals surface area (Å²) >= 11 is 0. The van der Waals surface area contributed by atoms with Crippen LogP contribution in [0.4, 0.5) is 0 Å². The average Bonchev–Trinajstić information content (AvgIpc) is 2.73. The second kappa shape index (κ2) is 18.9. The maximum atomic E-state index is 12.1. The molecule has 8 N–H and O–H groups in total. The van der Waals surface area contributed by atoms with Crippen molar-refractivity contribution in [2.75, 3.05) is 78.5 Å². The first-order valence-electron chi connectivity index (χ1n) is 11.2. The molecule has 0 aromatic carbocycles. The van der Waals surface area contributed by atoms with E-state index in [4.69, 9.17) is 26.2 Å². The zero-order valence-electron chi connectivity index (χ0n) is 20.1. The zero-order chi connectivity index (χ0) is 27.5. The van der Waals surface area contributed by atoms with Crippen LogP contribution in [0.3, 0.4) is 0 Å². The molecular weight excluding hydrogens is 484 g/mol. The molecule has 0 aliphatic rings. The summed E-state index contributed by atoms with van der Waals surface area (Å²) in [6.07, 6.45) is 0.164. The molecule has 0 aliphatic heterocycles. The number of nitrogens with two attached hydrogens (primary N) is 1. The maximum Gasteiger partial charge on any atom is 0.317 e. The van der Waals surface area contributed by atoms with E-state index >= 15 is 0 Å². The quantitative estimate of drug-likeness (QED) is 0.0724. The molecule has 0 radical (unpaired) electrons. The first kappa shape index (κ1) is 32.7. The number of carbonyl (C=O) groups excluding carboxylic acids is 2. The Morgan fingerprint density at radius 3 is 1.14 bits per heavy atom. The molecule has 0 rings (SSSR count). The van der Waals surface area contributed by atoms with Crippen LogP contribution in [0.2, 0.25) is 0 Å². The highest BCUT2D eigenvalue weighted by Crippen LogP contribution is 1.96. The fourth-order valence-electron chi connectivity index (χ4n) is 3.11. The van der Waals surface area contributed by atoms with Crippen molar-refractivity contribution in [2.24, 2.45) is 5.73 Å². The van der Waals surface area contributed by atoms with Gasteiger partial charge in [0, 0.05) is 65.2 Å². The smallest absolute Gasteiger partial charge is 0.317 e. The number of aliphatic carboxylic acids is 4. The molecule has 16 heteroatoms. The standard InChI is InChI=1S/C20H36N6O10/c21-3-8-24(6-1-15(27)22-4-9-25(11-17(29)30)12-18(31)32)7-2-16(28)23-5-10-26(13-19(33)34)14-20(35)36/h1-14,21H2,(H,22,27)(H,23,28)(H,29,30)(H,31,32)(H,33,34)(H,35,36). The molecule has 36 heavy (non-hydrogen) atoms. The van der Waals surface area contributed by atoms with Gasteiger partial charge in [-0.25, -0.2) is 0 Å². The second-order valence-electron chi connectivity index (χ2n) is 7.83. The highest BCUT2D eigenvalue weighted by molar-refractivity contribution is 5.77. The van der Waals surface area contributed by atoms with Crippen LogP contribution in [0.5, 0.6) is 0 Å². The number of rotatable bonds is 22. The molecule has 2 amide bonds. The third-order valence-corrected chi connectivity index (χ3v) is 4.69. The third-order valence-electron chi connectivity index (χ3n) is 4.69. The van der Waals surface area contributed by atoms with E-state index in [1.165, 1.54) is 9.80 Å². The minimum Gasteiger partial charge on any atom is -0.480 e. The predicted octanol–water partition coefficient (Wildman–Crippen LogP) is -3.80. The number of carboxylic acids is 4. The lowest BCUT2D eigenvalue weighted by Gasteiger charge is -2.22. The summed E-state index contributed by atoms with van der Waals surface area (Å²) in [5, 5.41) is 40.4. The van der Waals surface area contributed by atoms with Crippen molar-refractivity contribution in [3.05, 3.63) is 0 Å². The van der Waals surface area contributed by atoms with Crippen molar-refractivity contribution in [3.63, 3.8) is 0 Å². The Morgan fingerprint density at radius 2 is 0.861 bits per heavy atom. The number of hydrogen-bond acceptors (Lipinski definition) is 10. The van der Waals surface area contributed by atoms with Gasteiger partial charge in [0.25, 0.3) is 0 Å². The number of hydrogen-bond donors (Lipinski definition) is 7. The molecule has 206 valence electrons. The van der Waals surface area contributed by atoms with Crippen LogP contribution in [0.15, 0.2) is 0 Å². The van der Waals surface area contributed by atoms with E-state index in [0.717, 1.165) is 0 Å². The van der Waals surface area contributed by atoms with Crippen molar-refractivity contribution in [3.8, 4) is 0 Å². The molecular formula is C20H36N6O10. The van der Waals surface area contributed by atoms with Gasteiger partial charge in [-0.15, -0.1) is 0 Å². The topological polar surface area (TPSA) is 243 Å². The van der Waals surface area contributed by atoms with Crippen LogP contribution < -0.4 is 16.4 Å². The van der Waals surface area contributed by atoms with E-state index in [0.29, 0.717) is 26.2 Å². The number of carbonyl (C=O) groups is 6. The highest BCUT2D eigenvalue weighted by Gasteiger charge is 2.16. The summed E-state index contributed by atoms with van der Waals surface area (Å²) in [4.78, 5) is 71.5. The monoisotopic (exact) mass is 520 g/mol. The summed E-state index contributed by atoms with van der Waals surface area (Å²) in [5.41, 5.74) is 5.58. The van der Waals surface area contributed by atoms with Gasteiger partial charge >= 0.3 is 23.9 Å². The van der Waals surface area contributed by atoms with Gasteiger partial charge in [-0.2, -0.15) is 0 Å². The fourth-order valence-corrected chi connectivity index (χ4v) is 3.11. The molecule has 0 aromatic heterocycles. The Balaban J connectivity index is 4.36. The number of carboxylic acid groups (broad SMARTS) is 4. The average molecular weight is 521 g/mol. The molecule has 0 aromatic rings. The molecule has 0 saturated carbocycles. The lowest BCUT2D eigenvalue weighted by Crippen LogP contribution is -2.42. The summed E-state index contributed by atoms with van der Waals surface area (Å²) in [7, 11) is 0. The van der Waals surface area contributed by atoms with Crippen LogP contribution in [-0.2, 0) is 28.8 Å². The number of nitrogens with one attached hydrogen (secondary N) is 2. The van der Waals surface area contributed by atoms with E-state index in [9.17, 15) is 28.8 Å². The van der Waals surface area contributed by atoms with Gasteiger partial charge in [0.15, 0.2) is 0 Å². The third kappa shape index (κ3) is 19.0. The van der Waals surface area contributed by atoms with Crippen molar-refractivity contribution in [1.29, 1.82) is 0 Å². The first-order chi connectivity index (χ1) is 16.9. The SMILES string of the molecule is NCCN(CCC(=O)NCCN(CC(=O)O)CC(=O)O)CCC(=O)NCCN(CC(=O)O)CC(=O)O. The molecule has 0 unspecified atom stereocenters. The van der Waals surface area contributed by atoms with Gasteiger partial charge < -0.3 is 41.7 Å². The maximum absolute atomic E-state index is 12.1. The Kier molecular flexibility index (Phi) is 17.2.